The van der Waals surface area contributed by atoms with E-state index in [0.29, 0.717) is 52.7 Å². The molecule has 6 rings (SSSR count). The number of carbonyl (C=O) groups excluding carboxylic acids is 1. The predicted octanol–water partition coefficient (Wildman–Crippen LogP) is 4.96. The first-order valence-electron chi connectivity index (χ1n) is 14.8. The molecule has 4 aromatic rings. The Hall–Kier alpha value is -4.44. The van der Waals surface area contributed by atoms with E-state index >= 15 is 0 Å². The Balaban J connectivity index is 0.00000400. The second-order valence-corrected chi connectivity index (χ2v) is 11.5. The van der Waals surface area contributed by atoms with E-state index in [0.717, 1.165) is 25.8 Å². The highest BCUT2D eigenvalue weighted by atomic mass is 35.5. The number of aromatic hydroxyl groups is 1. The van der Waals surface area contributed by atoms with Gasteiger partial charge in [-0.2, -0.15) is 5.26 Å². The third kappa shape index (κ3) is 6.11. The molecule has 1 amide bonds. The van der Waals surface area contributed by atoms with Crippen molar-refractivity contribution in [3.05, 3.63) is 60.2 Å². The van der Waals surface area contributed by atoms with E-state index < -0.39 is 17.8 Å². The number of hydrogen-bond acceptors (Lipinski definition) is 9. The van der Waals surface area contributed by atoms with Crippen LogP contribution < -0.4 is 20.9 Å². The maximum Gasteiger partial charge on any atom is 0.243 e. The number of nitriles is 1. The highest BCUT2D eigenvalue weighted by Crippen LogP contribution is 2.43. The van der Waals surface area contributed by atoms with Crippen LogP contribution in [0.2, 0.25) is 0 Å². The van der Waals surface area contributed by atoms with Crippen LogP contribution in [0.5, 0.6) is 11.5 Å². The summed E-state index contributed by atoms with van der Waals surface area (Å²) in [6.45, 7) is 2.75. The minimum Gasteiger partial charge on any atom is -0.504 e. The van der Waals surface area contributed by atoms with Gasteiger partial charge in [-0.3, -0.25) is 14.4 Å². The molecule has 236 valence electrons. The highest BCUT2D eigenvalue weighted by Gasteiger charge is 2.44. The molecule has 4 unspecified atom stereocenters. The van der Waals surface area contributed by atoms with Gasteiger partial charge < -0.3 is 20.5 Å². The molecule has 2 aromatic carbocycles. The number of piperidine rings is 1. The number of nitrogens with one attached hydrogen (secondary N) is 1. The average molecular weight is 636 g/mol. The van der Waals surface area contributed by atoms with Crippen LogP contribution in [-0.2, 0) is 4.79 Å². The molecule has 1 saturated carbocycles. The van der Waals surface area contributed by atoms with Crippen molar-refractivity contribution in [3.8, 4) is 40.0 Å². The van der Waals surface area contributed by atoms with Crippen LogP contribution in [-0.4, -0.2) is 55.3 Å². The molecule has 11 nitrogen and oxygen atoms in total. The van der Waals surface area contributed by atoms with Crippen LogP contribution >= 0.6 is 12.4 Å². The summed E-state index contributed by atoms with van der Waals surface area (Å²) >= 11 is 0. The summed E-state index contributed by atoms with van der Waals surface area (Å²) in [4.78, 5) is 23.7. The van der Waals surface area contributed by atoms with Crippen molar-refractivity contribution in [1.82, 2.24) is 19.8 Å². The number of rotatable bonds is 10. The lowest BCUT2D eigenvalue weighted by atomic mass is 9.98. The van der Waals surface area contributed by atoms with Gasteiger partial charge in [0.15, 0.2) is 11.5 Å². The fourth-order valence-electron chi connectivity index (χ4n) is 6.51. The van der Waals surface area contributed by atoms with Crippen molar-refractivity contribution in [1.29, 1.82) is 5.26 Å². The van der Waals surface area contributed by atoms with E-state index in [4.69, 9.17) is 25.6 Å². The number of fused-ring (bicyclic) bond motifs is 3. The third-order valence-corrected chi connectivity index (χ3v) is 8.72. The van der Waals surface area contributed by atoms with E-state index in [2.05, 4.69) is 4.90 Å². The summed E-state index contributed by atoms with van der Waals surface area (Å²) < 4.78 is 23.1. The number of anilines is 1. The minimum absolute atomic E-state index is 0. The molecular weight excluding hydrogens is 601 g/mol. The van der Waals surface area contributed by atoms with Gasteiger partial charge in [-0.25, -0.2) is 19.8 Å². The number of phenolic OH excluding ortho intramolecular Hbond substituents is 1. The van der Waals surface area contributed by atoms with Gasteiger partial charge >= 0.3 is 0 Å². The van der Waals surface area contributed by atoms with Gasteiger partial charge in [-0.15, -0.1) is 12.4 Å². The molecule has 4 atom stereocenters. The number of nitrogens with two attached hydrogens (primary N) is 1. The van der Waals surface area contributed by atoms with Crippen LogP contribution in [0.15, 0.2) is 48.8 Å². The number of carbonyl (C=O) groups is 1. The molecule has 1 saturated heterocycles. The number of hydrogen-bond donors (Lipinski definition) is 4. The number of imidazole rings is 1. The zero-order chi connectivity index (χ0) is 31.0. The first kappa shape index (κ1) is 32.0. The van der Waals surface area contributed by atoms with Gasteiger partial charge in [-0.05, 0) is 61.4 Å². The zero-order valence-electron chi connectivity index (χ0n) is 24.7. The van der Waals surface area contributed by atoms with Crippen LogP contribution in [0.4, 0.5) is 10.3 Å². The molecule has 2 aliphatic rings. The lowest BCUT2D eigenvalue weighted by molar-refractivity contribution is -0.129. The largest absolute Gasteiger partial charge is 0.504 e. The summed E-state index contributed by atoms with van der Waals surface area (Å²) in [7, 11) is 0. The molecule has 1 aliphatic carbocycles. The summed E-state index contributed by atoms with van der Waals surface area (Å²) in [6.07, 6.45) is 6.79. The maximum absolute atomic E-state index is 15.0. The Labute approximate surface area is 265 Å². The SMILES string of the molecule is CCCC(CCC(=O)NO)Oc1cc(-c2c(-c3ccc(C#N)c(F)c3)nc(N3CC4CC3CC4N)n3ccnc23)ccc1O.Cl. The lowest BCUT2D eigenvalue weighted by Crippen LogP contribution is -2.42. The number of nitrogens with zero attached hydrogens (tertiary/aromatic N) is 5. The molecule has 2 aromatic heterocycles. The molecule has 3 heterocycles. The van der Waals surface area contributed by atoms with E-state index in [1.807, 2.05) is 23.6 Å². The molecule has 1 aliphatic heterocycles. The lowest BCUT2D eigenvalue weighted by Gasteiger charge is -2.32. The van der Waals surface area contributed by atoms with Crippen LogP contribution in [0.3, 0.4) is 0 Å². The number of amides is 1. The quantitative estimate of drug-likeness (QED) is 0.139. The fraction of sp³-hybridized carbons (Fsp3) is 0.375. The summed E-state index contributed by atoms with van der Waals surface area (Å²) in [6, 6.07) is 11.6. The van der Waals surface area contributed by atoms with E-state index in [1.54, 1.807) is 29.9 Å². The van der Waals surface area contributed by atoms with E-state index in [1.165, 1.54) is 18.2 Å². The van der Waals surface area contributed by atoms with Gasteiger partial charge in [0.1, 0.15) is 17.5 Å². The molecule has 0 spiro atoms. The maximum atomic E-state index is 15.0. The van der Waals surface area contributed by atoms with E-state index in [-0.39, 0.29) is 48.0 Å². The second kappa shape index (κ2) is 13.3. The highest BCUT2D eigenvalue weighted by molar-refractivity contribution is 5.92. The molecule has 2 bridgehead atoms. The molecule has 2 fully saturated rings. The minimum atomic E-state index is -0.655. The molecule has 0 radical (unpaired) electrons. The third-order valence-electron chi connectivity index (χ3n) is 8.72. The van der Waals surface area contributed by atoms with Gasteiger partial charge in [0.05, 0.1) is 22.9 Å². The Bertz CT molecular complexity index is 1760. The topological polar surface area (TPSA) is 162 Å². The number of halogens is 2. The predicted molar refractivity (Wildman–Crippen MR) is 168 cm³/mol. The zero-order valence-corrected chi connectivity index (χ0v) is 25.5. The van der Waals surface area contributed by atoms with Crippen molar-refractivity contribution in [2.75, 3.05) is 11.4 Å². The van der Waals surface area contributed by atoms with Gasteiger partial charge in [-0.1, -0.05) is 25.5 Å². The van der Waals surface area contributed by atoms with Crippen molar-refractivity contribution < 1.29 is 24.2 Å². The van der Waals surface area contributed by atoms with Crippen molar-refractivity contribution in [2.45, 2.75) is 63.6 Å². The normalized spacial score (nSPS) is 19.3. The number of benzene rings is 2. The molecule has 5 N–H and O–H groups in total. The van der Waals surface area contributed by atoms with Gasteiger partial charge in [0.25, 0.3) is 0 Å². The van der Waals surface area contributed by atoms with Crippen LogP contribution in [0, 0.1) is 23.1 Å². The Kier molecular flexibility index (Phi) is 9.43. The standard InChI is InChI=1S/C32H34FN7O4.ClH/c1-2-3-23(7-9-28(42)38-43)44-27-14-18(6-8-26(27)41)29-30(19-4-5-20(16-34)24(33)13-19)37-32(39-11-10-36-31(29)39)40-17-21-12-22(40)15-25(21)35;/h4-6,8,10-11,13-14,21-23,25,41,43H,2-3,7,9,12,15,17,35H2,1H3,(H,38,42);1H. The first-order chi connectivity index (χ1) is 21.3. The van der Waals surface area contributed by atoms with Gasteiger partial charge in [0, 0.05) is 43.0 Å². The summed E-state index contributed by atoms with van der Waals surface area (Å²) in [5.74, 6) is 0.00145. The Morgan fingerprint density at radius 3 is 2.71 bits per heavy atom. The average Bonchev–Trinajstić information content (AvgIpc) is 3.76. The smallest absolute Gasteiger partial charge is 0.243 e. The van der Waals surface area contributed by atoms with Crippen molar-refractivity contribution >= 4 is 29.9 Å². The van der Waals surface area contributed by atoms with E-state index in [9.17, 15) is 19.6 Å². The Morgan fingerprint density at radius 1 is 1.24 bits per heavy atom. The molecular formula is C32H35ClFN7O4. The fourth-order valence-corrected chi connectivity index (χ4v) is 6.51. The number of phenols is 1. The van der Waals surface area contributed by atoms with Crippen LogP contribution in [0.1, 0.15) is 51.0 Å². The second-order valence-electron chi connectivity index (χ2n) is 11.5. The number of hydroxylamine groups is 1. The van der Waals surface area contributed by atoms with Gasteiger partial charge in [0.2, 0.25) is 11.9 Å². The molecule has 45 heavy (non-hydrogen) atoms. The Morgan fingerprint density at radius 2 is 2.04 bits per heavy atom. The van der Waals surface area contributed by atoms with Crippen molar-refractivity contribution in [3.63, 3.8) is 0 Å². The number of ether oxygens (including phenoxy) is 1. The number of aromatic nitrogens is 3. The first-order valence-corrected chi connectivity index (χ1v) is 14.8. The van der Waals surface area contributed by atoms with Crippen LogP contribution in [0.25, 0.3) is 28.0 Å². The summed E-state index contributed by atoms with van der Waals surface area (Å²) in [5, 5.41) is 29.0. The monoisotopic (exact) mass is 635 g/mol. The van der Waals surface area contributed by atoms with Crippen molar-refractivity contribution in [2.24, 2.45) is 11.7 Å². The summed E-state index contributed by atoms with van der Waals surface area (Å²) in [5.41, 5.74) is 10.7. The molecule has 13 heteroatoms.